The van der Waals surface area contributed by atoms with E-state index >= 15 is 0 Å². The van der Waals surface area contributed by atoms with Gasteiger partial charge in [0.05, 0.1) is 4.34 Å². The van der Waals surface area contributed by atoms with Gasteiger partial charge < -0.3 is 5.32 Å². The van der Waals surface area contributed by atoms with Crippen LogP contribution in [0.15, 0.2) is 34.8 Å². The molecule has 1 nitrogen and oxygen atoms in total. The predicted octanol–water partition coefficient (Wildman–Crippen LogP) is 5.37. The van der Waals surface area contributed by atoms with Crippen LogP contribution in [-0.2, 0) is 6.42 Å². The number of rotatable bonds is 5. The van der Waals surface area contributed by atoms with E-state index in [1.54, 1.807) is 11.3 Å². The molecule has 19 heavy (non-hydrogen) atoms. The number of thiophene rings is 1. The maximum absolute atomic E-state index is 6.00. The van der Waals surface area contributed by atoms with Crippen LogP contribution in [0, 0.1) is 6.92 Å². The number of benzene rings is 1. The molecule has 0 amide bonds. The van der Waals surface area contributed by atoms with E-state index in [-0.39, 0.29) is 0 Å². The fourth-order valence-corrected chi connectivity index (χ4v) is 3.48. The topological polar surface area (TPSA) is 12.0 Å². The summed E-state index contributed by atoms with van der Waals surface area (Å²) in [6.07, 6.45) is 0.978. The van der Waals surface area contributed by atoms with Crippen molar-refractivity contribution in [2.45, 2.75) is 26.3 Å². The second-order valence-corrected chi connectivity index (χ2v) is 7.18. The summed E-state index contributed by atoms with van der Waals surface area (Å²) in [7, 11) is 0. The van der Waals surface area contributed by atoms with Crippen LogP contribution in [0.2, 0.25) is 4.34 Å². The molecule has 0 radical (unpaired) electrons. The van der Waals surface area contributed by atoms with Gasteiger partial charge in [-0.3, -0.25) is 0 Å². The third-order valence-electron chi connectivity index (χ3n) is 3.07. The van der Waals surface area contributed by atoms with E-state index < -0.39 is 0 Å². The Morgan fingerprint density at radius 2 is 2.11 bits per heavy atom. The highest BCUT2D eigenvalue weighted by atomic mass is 79.9. The molecule has 0 aliphatic rings. The van der Waals surface area contributed by atoms with Crippen LogP contribution in [0.4, 0.5) is 0 Å². The monoisotopic (exact) mass is 357 g/mol. The number of hydrogen-bond donors (Lipinski definition) is 1. The number of aryl methyl sites for hydroxylation is 1. The predicted molar refractivity (Wildman–Crippen MR) is 88.3 cm³/mol. The molecule has 1 aromatic heterocycles. The van der Waals surface area contributed by atoms with E-state index in [0.717, 1.165) is 21.8 Å². The summed E-state index contributed by atoms with van der Waals surface area (Å²) in [5, 5.41) is 3.55. The van der Waals surface area contributed by atoms with Gasteiger partial charge in [-0.05, 0) is 42.8 Å². The van der Waals surface area contributed by atoms with Crippen molar-refractivity contribution in [2.24, 2.45) is 0 Å². The van der Waals surface area contributed by atoms with Crippen LogP contribution in [0.25, 0.3) is 0 Å². The lowest BCUT2D eigenvalue weighted by Crippen LogP contribution is -2.22. The Morgan fingerprint density at radius 1 is 1.32 bits per heavy atom. The fraction of sp³-hybridized carbons (Fsp3) is 0.333. The second kappa shape index (κ2) is 6.89. The van der Waals surface area contributed by atoms with Crippen molar-refractivity contribution in [3.05, 3.63) is 55.1 Å². The number of hydrogen-bond acceptors (Lipinski definition) is 2. The van der Waals surface area contributed by atoms with Gasteiger partial charge in [-0.1, -0.05) is 46.6 Å². The van der Waals surface area contributed by atoms with E-state index in [1.807, 2.05) is 6.07 Å². The Labute approximate surface area is 132 Å². The molecule has 0 saturated heterocycles. The van der Waals surface area contributed by atoms with Crippen molar-refractivity contribution in [3.63, 3.8) is 0 Å². The number of likely N-dealkylation sites (N-methyl/N-ethyl adjacent to an activating group) is 1. The van der Waals surface area contributed by atoms with Gasteiger partial charge in [0.25, 0.3) is 0 Å². The van der Waals surface area contributed by atoms with Crippen molar-refractivity contribution in [1.29, 1.82) is 0 Å². The Kier molecular flexibility index (Phi) is 5.46. The van der Waals surface area contributed by atoms with Gasteiger partial charge in [-0.15, -0.1) is 11.3 Å². The first kappa shape index (κ1) is 15.0. The van der Waals surface area contributed by atoms with Crippen molar-refractivity contribution >= 4 is 38.9 Å². The van der Waals surface area contributed by atoms with E-state index in [1.165, 1.54) is 16.0 Å². The van der Waals surface area contributed by atoms with Crippen molar-refractivity contribution in [1.82, 2.24) is 5.32 Å². The zero-order valence-electron chi connectivity index (χ0n) is 11.0. The van der Waals surface area contributed by atoms with Gasteiger partial charge in [0.15, 0.2) is 0 Å². The standard InChI is InChI=1S/C15H17BrClNS/c1-3-18-14(9-12-5-7-15(17)19-12)11-4-6-13(16)10(2)8-11/h4-8,14,18H,3,9H2,1-2H3. The zero-order chi connectivity index (χ0) is 13.8. The summed E-state index contributed by atoms with van der Waals surface area (Å²) in [6, 6.07) is 11.0. The molecule has 2 rings (SSSR count). The summed E-state index contributed by atoms with van der Waals surface area (Å²) in [5.41, 5.74) is 2.59. The van der Waals surface area contributed by atoms with Gasteiger partial charge in [0.2, 0.25) is 0 Å². The largest absolute Gasteiger partial charge is 0.310 e. The molecule has 1 N–H and O–H groups in total. The van der Waals surface area contributed by atoms with Gasteiger partial charge >= 0.3 is 0 Å². The van der Waals surface area contributed by atoms with Crippen LogP contribution in [0.1, 0.15) is 29.0 Å². The third-order valence-corrected chi connectivity index (χ3v) is 5.21. The summed E-state index contributed by atoms with van der Waals surface area (Å²) in [5.74, 6) is 0. The van der Waals surface area contributed by atoms with Gasteiger partial charge in [0.1, 0.15) is 0 Å². The molecule has 0 spiro atoms. The SMILES string of the molecule is CCNC(Cc1ccc(Cl)s1)c1ccc(Br)c(C)c1. The quantitative estimate of drug-likeness (QED) is 0.758. The maximum Gasteiger partial charge on any atom is 0.0931 e. The highest BCUT2D eigenvalue weighted by Crippen LogP contribution is 2.28. The Bertz CT molecular complexity index is 553. The van der Waals surface area contributed by atoms with E-state index in [2.05, 4.69) is 59.4 Å². The van der Waals surface area contributed by atoms with Gasteiger partial charge in [0, 0.05) is 21.8 Å². The van der Waals surface area contributed by atoms with Gasteiger partial charge in [-0.25, -0.2) is 0 Å². The number of nitrogens with one attached hydrogen (secondary N) is 1. The lowest BCUT2D eigenvalue weighted by Gasteiger charge is -2.18. The average molecular weight is 359 g/mol. The minimum Gasteiger partial charge on any atom is -0.310 e. The summed E-state index contributed by atoms with van der Waals surface area (Å²) >= 11 is 11.2. The summed E-state index contributed by atoms with van der Waals surface area (Å²) in [6.45, 7) is 5.22. The molecule has 0 saturated carbocycles. The molecule has 1 heterocycles. The molecule has 0 fully saturated rings. The minimum absolute atomic E-state index is 0.339. The van der Waals surface area contributed by atoms with Crippen molar-refractivity contribution in [2.75, 3.05) is 6.54 Å². The van der Waals surface area contributed by atoms with E-state index in [9.17, 15) is 0 Å². The van der Waals surface area contributed by atoms with Crippen molar-refractivity contribution < 1.29 is 0 Å². The molecule has 1 atom stereocenters. The summed E-state index contributed by atoms with van der Waals surface area (Å²) in [4.78, 5) is 1.32. The third kappa shape index (κ3) is 4.06. The zero-order valence-corrected chi connectivity index (χ0v) is 14.2. The van der Waals surface area contributed by atoms with Crippen LogP contribution in [-0.4, -0.2) is 6.54 Å². The molecular weight excluding hydrogens is 342 g/mol. The Morgan fingerprint density at radius 3 is 2.68 bits per heavy atom. The van der Waals surface area contributed by atoms with Gasteiger partial charge in [-0.2, -0.15) is 0 Å². The molecule has 4 heteroatoms. The second-order valence-electron chi connectivity index (χ2n) is 4.53. The molecular formula is C15H17BrClNS. The minimum atomic E-state index is 0.339. The lowest BCUT2D eigenvalue weighted by atomic mass is 10.0. The average Bonchev–Trinajstić information content (AvgIpc) is 2.78. The van der Waals surface area contributed by atoms with E-state index in [0.29, 0.717) is 6.04 Å². The van der Waals surface area contributed by atoms with E-state index in [4.69, 9.17) is 11.6 Å². The smallest absolute Gasteiger partial charge is 0.0931 e. The highest BCUT2D eigenvalue weighted by Gasteiger charge is 2.13. The normalized spacial score (nSPS) is 12.6. The first-order valence-electron chi connectivity index (χ1n) is 6.33. The Hall–Kier alpha value is -0.350. The maximum atomic E-state index is 6.00. The van der Waals surface area contributed by atoms with Crippen LogP contribution in [0.5, 0.6) is 0 Å². The first-order valence-corrected chi connectivity index (χ1v) is 8.32. The highest BCUT2D eigenvalue weighted by molar-refractivity contribution is 9.10. The first-order chi connectivity index (χ1) is 9.10. The lowest BCUT2D eigenvalue weighted by molar-refractivity contribution is 0.553. The Balaban J connectivity index is 2.21. The van der Waals surface area contributed by atoms with Crippen LogP contribution >= 0.6 is 38.9 Å². The van der Waals surface area contributed by atoms with Crippen LogP contribution < -0.4 is 5.32 Å². The fourth-order valence-electron chi connectivity index (χ4n) is 2.10. The summed E-state index contributed by atoms with van der Waals surface area (Å²) < 4.78 is 2.02. The number of halogens is 2. The molecule has 0 bridgehead atoms. The molecule has 0 aliphatic heterocycles. The van der Waals surface area contributed by atoms with Crippen molar-refractivity contribution in [3.8, 4) is 0 Å². The molecule has 1 aromatic carbocycles. The van der Waals surface area contributed by atoms with Crippen LogP contribution in [0.3, 0.4) is 0 Å². The molecule has 2 aromatic rings. The molecule has 0 aliphatic carbocycles. The molecule has 1 unspecified atom stereocenters. The molecule has 102 valence electrons.